The summed E-state index contributed by atoms with van der Waals surface area (Å²) in [5.41, 5.74) is 0. The number of aliphatic carboxylic acids is 1. The Labute approximate surface area is 157 Å². The second-order valence-electron chi connectivity index (χ2n) is 6.53. The van der Waals surface area contributed by atoms with Crippen molar-refractivity contribution in [1.82, 2.24) is 9.62 Å². The molecule has 3 rings (SSSR count). The number of carboxylic acid groups (broad SMARTS) is 1. The van der Waals surface area contributed by atoms with E-state index in [1.54, 1.807) is 12.1 Å². The van der Waals surface area contributed by atoms with Crippen LogP contribution in [-0.4, -0.2) is 50.0 Å². The van der Waals surface area contributed by atoms with Crippen LogP contribution >= 0.6 is 11.6 Å². The maximum atomic E-state index is 13.1. The molecule has 6 nitrogen and oxygen atoms in total. The summed E-state index contributed by atoms with van der Waals surface area (Å²) in [6, 6.07) is 10.8. The van der Waals surface area contributed by atoms with Gasteiger partial charge in [-0.2, -0.15) is 4.31 Å². The lowest BCUT2D eigenvalue weighted by Gasteiger charge is -2.32. The molecule has 2 N–H and O–H groups in total. The normalized spacial score (nSPS) is 18.9. The predicted molar refractivity (Wildman–Crippen MR) is 101 cm³/mol. The van der Waals surface area contributed by atoms with Crippen LogP contribution in [0.2, 0.25) is 5.02 Å². The van der Waals surface area contributed by atoms with Crippen molar-refractivity contribution in [3.05, 3.63) is 41.4 Å². The molecule has 8 heteroatoms. The second kappa shape index (κ2) is 7.92. The van der Waals surface area contributed by atoms with Crippen LogP contribution in [0.4, 0.5) is 0 Å². The molecule has 0 saturated carbocycles. The Balaban J connectivity index is 1.81. The fraction of sp³-hybridized carbons (Fsp3) is 0.389. The number of carbonyl (C=O) groups is 1. The maximum absolute atomic E-state index is 13.1. The third-order valence-corrected chi connectivity index (χ3v) is 6.94. The van der Waals surface area contributed by atoms with E-state index in [1.807, 2.05) is 24.3 Å². The molecule has 1 heterocycles. The van der Waals surface area contributed by atoms with Gasteiger partial charge in [-0.25, -0.2) is 8.42 Å². The summed E-state index contributed by atoms with van der Waals surface area (Å²) in [4.78, 5) is 10.7. The van der Waals surface area contributed by atoms with Crippen LogP contribution in [0, 0.1) is 5.92 Å². The van der Waals surface area contributed by atoms with Crippen LogP contribution in [0.25, 0.3) is 10.8 Å². The van der Waals surface area contributed by atoms with Crippen LogP contribution < -0.4 is 5.32 Å². The highest BCUT2D eigenvalue weighted by Gasteiger charge is 2.31. The highest BCUT2D eigenvalue weighted by Crippen LogP contribution is 2.31. The number of carboxylic acids is 1. The third kappa shape index (κ3) is 4.17. The number of hydrogen-bond acceptors (Lipinski definition) is 4. The topological polar surface area (TPSA) is 86.7 Å². The Kier molecular flexibility index (Phi) is 5.82. The number of sulfonamides is 1. The molecule has 0 aliphatic carbocycles. The van der Waals surface area contributed by atoms with Gasteiger partial charge in [-0.1, -0.05) is 35.9 Å². The van der Waals surface area contributed by atoms with E-state index in [0.717, 1.165) is 23.6 Å². The molecule has 0 spiro atoms. The summed E-state index contributed by atoms with van der Waals surface area (Å²) in [5, 5.41) is 13.5. The summed E-state index contributed by atoms with van der Waals surface area (Å²) in [6.07, 6.45) is 1.61. The smallest absolute Gasteiger partial charge is 0.317 e. The fourth-order valence-electron chi connectivity index (χ4n) is 3.32. The zero-order valence-electron chi connectivity index (χ0n) is 14.2. The van der Waals surface area contributed by atoms with Crippen molar-refractivity contribution in [3.8, 4) is 0 Å². The fourth-order valence-corrected chi connectivity index (χ4v) is 5.42. The van der Waals surface area contributed by atoms with Crippen LogP contribution in [0.1, 0.15) is 12.8 Å². The minimum absolute atomic E-state index is 0.0807. The van der Waals surface area contributed by atoms with Crippen LogP contribution in [0.5, 0.6) is 0 Å². The van der Waals surface area contributed by atoms with Crippen LogP contribution in [-0.2, 0) is 14.8 Å². The van der Waals surface area contributed by atoms with E-state index in [-0.39, 0.29) is 22.4 Å². The summed E-state index contributed by atoms with van der Waals surface area (Å²) in [5.74, 6) is -0.842. The zero-order chi connectivity index (χ0) is 18.7. The Morgan fingerprint density at radius 3 is 2.65 bits per heavy atom. The number of hydrogen-bond donors (Lipinski definition) is 2. The molecule has 0 aromatic heterocycles. The molecule has 1 fully saturated rings. The first-order chi connectivity index (χ1) is 12.4. The van der Waals surface area contributed by atoms with Crippen LogP contribution in [0.15, 0.2) is 41.3 Å². The van der Waals surface area contributed by atoms with Gasteiger partial charge in [-0.15, -0.1) is 0 Å². The van der Waals surface area contributed by atoms with Gasteiger partial charge in [-0.3, -0.25) is 4.79 Å². The van der Waals surface area contributed by atoms with Gasteiger partial charge in [0, 0.05) is 13.1 Å². The largest absolute Gasteiger partial charge is 0.480 e. The van der Waals surface area contributed by atoms with Gasteiger partial charge in [-0.05, 0) is 48.2 Å². The van der Waals surface area contributed by atoms with Crippen molar-refractivity contribution in [2.24, 2.45) is 5.92 Å². The highest BCUT2D eigenvalue weighted by atomic mass is 35.5. The van der Waals surface area contributed by atoms with Gasteiger partial charge < -0.3 is 10.4 Å². The van der Waals surface area contributed by atoms with Gasteiger partial charge in [0.2, 0.25) is 10.0 Å². The Morgan fingerprint density at radius 2 is 1.96 bits per heavy atom. The molecule has 2 aromatic rings. The van der Waals surface area contributed by atoms with E-state index in [0.29, 0.717) is 19.6 Å². The number of piperidine rings is 1. The molecular formula is C18H21ClN2O4S. The SMILES string of the molecule is O=C(O)CNCC1CCCN(S(=O)(=O)c2cc3ccccc3cc2Cl)C1. The van der Waals surface area contributed by atoms with E-state index in [4.69, 9.17) is 16.7 Å². The zero-order valence-corrected chi connectivity index (χ0v) is 15.8. The second-order valence-corrected chi connectivity index (χ2v) is 8.84. The lowest BCUT2D eigenvalue weighted by Crippen LogP contribution is -2.43. The standard InChI is InChI=1S/C18H21ClN2O4S/c19-16-8-14-5-1-2-6-15(14)9-17(16)26(24,25)21-7-3-4-13(12-21)10-20-11-18(22)23/h1-2,5-6,8-9,13,20H,3-4,7,10-12H2,(H,22,23). The van der Waals surface area contributed by atoms with Crippen molar-refractivity contribution >= 4 is 38.4 Å². The molecule has 2 aromatic carbocycles. The van der Waals surface area contributed by atoms with E-state index < -0.39 is 16.0 Å². The van der Waals surface area contributed by atoms with Crippen LogP contribution in [0.3, 0.4) is 0 Å². The molecule has 0 amide bonds. The number of fused-ring (bicyclic) bond motifs is 1. The Bertz CT molecular complexity index is 917. The molecule has 1 unspecified atom stereocenters. The quantitative estimate of drug-likeness (QED) is 0.783. The molecule has 1 aliphatic rings. The van der Waals surface area contributed by atoms with Gasteiger partial charge in [0.1, 0.15) is 4.90 Å². The molecule has 0 bridgehead atoms. The van der Waals surface area contributed by atoms with Gasteiger partial charge in [0.05, 0.1) is 11.6 Å². The Morgan fingerprint density at radius 1 is 1.27 bits per heavy atom. The van der Waals surface area contributed by atoms with Gasteiger partial charge >= 0.3 is 5.97 Å². The molecule has 26 heavy (non-hydrogen) atoms. The first-order valence-corrected chi connectivity index (χ1v) is 10.3. The number of halogens is 1. The van der Waals surface area contributed by atoms with Crippen molar-refractivity contribution < 1.29 is 18.3 Å². The first-order valence-electron chi connectivity index (χ1n) is 8.49. The summed E-state index contributed by atoms with van der Waals surface area (Å²) in [7, 11) is -3.70. The minimum atomic E-state index is -3.70. The average molecular weight is 397 g/mol. The van der Waals surface area contributed by atoms with Crippen molar-refractivity contribution in [2.75, 3.05) is 26.2 Å². The molecule has 140 valence electrons. The summed E-state index contributed by atoms with van der Waals surface area (Å²) >= 11 is 6.28. The predicted octanol–water partition coefficient (Wildman–Crippen LogP) is 2.57. The molecule has 0 radical (unpaired) electrons. The third-order valence-electron chi connectivity index (χ3n) is 4.61. The Hall–Kier alpha value is -1.67. The van der Waals surface area contributed by atoms with Gasteiger partial charge in [0.15, 0.2) is 0 Å². The number of rotatable bonds is 6. The molecule has 1 aliphatic heterocycles. The molecule has 1 atom stereocenters. The summed E-state index contributed by atoms with van der Waals surface area (Å²) in [6.45, 7) is 1.16. The highest BCUT2D eigenvalue weighted by molar-refractivity contribution is 7.89. The number of nitrogens with one attached hydrogen (secondary N) is 1. The lowest BCUT2D eigenvalue weighted by molar-refractivity contribution is -0.136. The molecule has 1 saturated heterocycles. The summed E-state index contributed by atoms with van der Waals surface area (Å²) < 4.78 is 27.7. The maximum Gasteiger partial charge on any atom is 0.317 e. The number of nitrogens with zero attached hydrogens (tertiary/aromatic N) is 1. The van der Waals surface area contributed by atoms with Gasteiger partial charge in [0.25, 0.3) is 0 Å². The van der Waals surface area contributed by atoms with E-state index in [9.17, 15) is 13.2 Å². The average Bonchev–Trinajstić information content (AvgIpc) is 2.61. The molecular weight excluding hydrogens is 376 g/mol. The van der Waals surface area contributed by atoms with E-state index in [1.165, 1.54) is 4.31 Å². The lowest BCUT2D eigenvalue weighted by atomic mass is 10.00. The van der Waals surface area contributed by atoms with Crippen molar-refractivity contribution in [3.63, 3.8) is 0 Å². The monoisotopic (exact) mass is 396 g/mol. The van der Waals surface area contributed by atoms with E-state index in [2.05, 4.69) is 5.32 Å². The minimum Gasteiger partial charge on any atom is -0.480 e. The number of benzene rings is 2. The van der Waals surface area contributed by atoms with E-state index >= 15 is 0 Å². The van der Waals surface area contributed by atoms with Crippen molar-refractivity contribution in [1.29, 1.82) is 0 Å². The first kappa shape index (κ1) is 19.1. The van der Waals surface area contributed by atoms with Crippen molar-refractivity contribution in [2.45, 2.75) is 17.7 Å².